The number of morpholine rings is 1. The number of rotatable bonds is 1. The monoisotopic (exact) mass is 292 g/mol. The van der Waals surface area contributed by atoms with Crippen LogP contribution in [0.15, 0.2) is 24.3 Å². The first-order valence-corrected chi connectivity index (χ1v) is 7.64. The fraction of sp³-hybridized carbons (Fsp3) is 0.562. The van der Waals surface area contributed by atoms with Crippen molar-refractivity contribution in [3.63, 3.8) is 0 Å². The van der Waals surface area contributed by atoms with Crippen molar-refractivity contribution in [3.05, 3.63) is 35.6 Å². The van der Waals surface area contributed by atoms with Gasteiger partial charge in [-0.2, -0.15) is 0 Å². The molecular weight excluding hydrogens is 271 g/mol. The maximum Gasteiger partial charge on any atom is 0.320 e. The van der Waals surface area contributed by atoms with Crippen LogP contribution in [0.2, 0.25) is 0 Å². The lowest BCUT2D eigenvalue weighted by atomic mass is 9.95. The zero-order chi connectivity index (χ0) is 14.7. The Kier molecular flexibility index (Phi) is 4.39. The molecule has 21 heavy (non-hydrogen) atoms. The van der Waals surface area contributed by atoms with Crippen LogP contribution >= 0.6 is 0 Å². The highest BCUT2D eigenvalue weighted by atomic mass is 19.1. The number of amides is 2. The maximum absolute atomic E-state index is 13.1. The van der Waals surface area contributed by atoms with E-state index in [1.54, 1.807) is 12.1 Å². The van der Waals surface area contributed by atoms with Crippen LogP contribution in [0.1, 0.15) is 30.9 Å². The third kappa shape index (κ3) is 3.18. The number of hydrogen-bond donors (Lipinski definition) is 0. The molecule has 0 N–H and O–H groups in total. The van der Waals surface area contributed by atoms with Crippen molar-refractivity contribution in [2.24, 2.45) is 0 Å². The molecule has 0 saturated carbocycles. The van der Waals surface area contributed by atoms with Crippen LogP contribution in [0.25, 0.3) is 0 Å². The van der Waals surface area contributed by atoms with Crippen LogP contribution in [0.3, 0.4) is 0 Å². The van der Waals surface area contributed by atoms with Gasteiger partial charge in [0.1, 0.15) is 5.82 Å². The van der Waals surface area contributed by atoms with Crippen molar-refractivity contribution in [1.29, 1.82) is 0 Å². The van der Waals surface area contributed by atoms with E-state index in [4.69, 9.17) is 4.74 Å². The summed E-state index contributed by atoms with van der Waals surface area (Å²) in [6, 6.07) is 6.69. The molecule has 2 fully saturated rings. The van der Waals surface area contributed by atoms with Crippen LogP contribution in [0.5, 0.6) is 0 Å². The van der Waals surface area contributed by atoms with Crippen molar-refractivity contribution in [2.75, 3.05) is 32.8 Å². The summed E-state index contributed by atoms with van der Waals surface area (Å²) in [5.41, 5.74) is 1.03. The highest BCUT2D eigenvalue weighted by Gasteiger charge is 2.31. The maximum atomic E-state index is 13.1. The number of urea groups is 1. The van der Waals surface area contributed by atoms with E-state index < -0.39 is 0 Å². The summed E-state index contributed by atoms with van der Waals surface area (Å²) in [4.78, 5) is 16.5. The first kappa shape index (κ1) is 14.3. The molecule has 2 heterocycles. The van der Waals surface area contributed by atoms with Crippen LogP contribution in [0, 0.1) is 5.82 Å². The fourth-order valence-corrected chi connectivity index (χ4v) is 3.13. The average Bonchev–Trinajstić information content (AvgIpc) is 2.56. The highest BCUT2D eigenvalue weighted by molar-refractivity contribution is 5.75. The van der Waals surface area contributed by atoms with Gasteiger partial charge in [0.05, 0.1) is 19.3 Å². The standard InChI is InChI=1S/C16H21FN2O2/c17-14-6-4-13(5-7-14)15-3-1-2-8-19(15)16(20)18-9-11-21-12-10-18/h4-7,15H,1-3,8-12H2/t15-/m1/s1. The third-order valence-corrected chi connectivity index (χ3v) is 4.28. The van der Waals surface area contributed by atoms with E-state index in [2.05, 4.69) is 0 Å². The van der Waals surface area contributed by atoms with Gasteiger partial charge in [0.15, 0.2) is 0 Å². The summed E-state index contributed by atoms with van der Waals surface area (Å²) in [6.45, 7) is 3.32. The molecule has 2 aliphatic rings. The number of ether oxygens (including phenoxy) is 1. The van der Waals surface area contributed by atoms with Gasteiger partial charge in [0.2, 0.25) is 0 Å². The number of carbonyl (C=O) groups excluding carboxylic acids is 1. The number of carbonyl (C=O) groups is 1. The molecule has 5 heteroatoms. The molecule has 0 unspecified atom stereocenters. The van der Waals surface area contributed by atoms with E-state index in [0.29, 0.717) is 26.3 Å². The molecule has 4 nitrogen and oxygen atoms in total. The molecular formula is C16H21FN2O2. The quantitative estimate of drug-likeness (QED) is 0.797. The Bertz CT molecular complexity index is 486. The van der Waals surface area contributed by atoms with Crippen LogP contribution in [0.4, 0.5) is 9.18 Å². The summed E-state index contributed by atoms with van der Waals surface area (Å²) in [5.74, 6) is -0.236. The van der Waals surface area contributed by atoms with Crippen LogP contribution in [-0.4, -0.2) is 48.7 Å². The van der Waals surface area contributed by atoms with Gasteiger partial charge in [0.25, 0.3) is 0 Å². The molecule has 0 aliphatic carbocycles. The smallest absolute Gasteiger partial charge is 0.320 e. The largest absolute Gasteiger partial charge is 0.378 e. The third-order valence-electron chi connectivity index (χ3n) is 4.28. The predicted octanol–water partition coefficient (Wildman–Crippen LogP) is 2.80. The number of hydrogen-bond acceptors (Lipinski definition) is 2. The Morgan fingerprint density at radius 2 is 1.81 bits per heavy atom. The van der Waals surface area contributed by atoms with Crippen LogP contribution < -0.4 is 0 Å². The number of piperidine rings is 1. The van der Waals surface area contributed by atoms with E-state index >= 15 is 0 Å². The molecule has 3 rings (SSSR count). The second-order valence-corrected chi connectivity index (χ2v) is 5.64. The molecule has 0 spiro atoms. The summed E-state index contributed by atoms with van der Waals surface area (Å²) in [7, 11) is 0. The minimum Gasteiger partial charge on any atom is -0.378 e. The molecule has 0 bridgehead atoms. The Labute approximate surface area is 124 Å². The van der Waals surface area contributed by atoms with E-state index in [1.165, 1.54) is 12.1 Å². The fourth-order valence-electron chi connectivity index (χ4n) is 3.13. The van der Waals surface area contributed by atoms with Gasteiger partial charge in [0, 0.05) is 19.6 Å². The summed E-state index contributed by atoms with van der Waals surface area (Å²) in [6.07, 6.45) is 3.09. The minimum absolute atomic E-state index is 0.0645. The van der Waals surface area contributed by atoms with Crippen molar-refractivity contribution >= 4 is 6.03 Å². The zero-order valence-electron chi connectivity index (χ0n) is 12.1. The zero-order valence-corrected chi connectivity index (χ0v) is 12.1. The lowest BCUT2D eigenvalue weighted by Gasteiger charge is -2.40. The topological polar surface area (TPSA) is 32.8 Å². The highest BCUT2D eigenvalue weighted by Crippen LogP contribution is 2.31. The van der Waals surface area contributed by atoms with Gasteiger partial charge in [-0.1, -0.05) is 12.1 Å². The molecule has 2 aliphatic heterocycles. The molecule has 1 aromatic carbocycles. The second kappa shape index (κ2) is 6.43. The SMILES string of the molecule is O=C(N1CCOCC1)N1CCCC[C@@H]1c1ccc(F)cc1. The molecule has 0 aromatic heterocycles. The first-order chi connectivity index (χ1) is 10.3. The lowest BCUT2D eigenvalue weighted by Crippen LogP contribution is -2.50. The van der Waals surface area contributed by atoms with Crippen molar-refractivity contribution in [2.45, 2.75) is 25.3 Å². The summed E-state index contributed by atoms with van der Waals surface area (Å²) >= 11 is 0. The summed E-state index contributed by atoms with van der Waals surface area (Å²) in [5, 5.41) is 0. The van der Waals surface area contributed by atoms with E-state index in [0.717, 1.165) is 31.4 Å². The van der Waals surface area contributed by atoms with E-state index in [9.17, 15) is 9.18 Å². The van der Waals surface area contributed by atoms with Gasteiger partial charge in [-0.15, -0.1) is 0 Å². The number of likely N-dealkylation sites (tertiary alicyclic amines) is 1. The molecule has 1 aromatic rings. The Morgan fingerprint density at radius 3 is 2.52 bits per heavy atom. The Balaban J connectivity index is 1.77. The van der Waals surface area contributed by atoms with Crippen molar-refractivity contribution in [1.82, 2.24) is 9.80 Å². The summed E-state index contributed by atoms with van der Waals surface area (Å²) < 4.78 is 18.4. The Hall–Kier alpha value is -1.62. The molecule has 1 atom stereocenters. The molecule has 114 valence electrons. The van der Waals surface area contributed by atoms with E-state index in [1.807, 2.05) is 9.80 Å². The molecule has 2 saturated heterocycles. The number of nitrogens with zero attached hydrogens (tertiary/aromatic N) is 2. The van der Waals surface area contributed by atoms with Gasteiger partial charge >= 0.3 is 6.03 Å². The molecule has 2 amide bonds. The predicted molar refractivity (Wildman–Crippen MR) is 77.5 cm³/mol. The molecule has 0 radical (unpaired) electrons. The van der Waals surface area contributed by atoms with Crippen LogP contribution in [-0.2, 0) is 4.74 Å². The van der Waals surface area contributed by atoms with Gasteiger partial charge in [-0.05, 0) is 37.0 Å². The van der Waals surface area contributed by atoms with Gasteiger partial charge in [-0.25, -0.2) is 9.18 Å². The Morgan fingerprint density at radius 1 is 1.10 bits per heavy atom. The van der Waals surface area contributed by atoms with Gasteiger partial charge in [-0.3, -0.25) is 0 Å². The normalized spacial score (nSPS) is 23.2. The van der Waals surface area contributed by atoms with Crippen molar-refractivity contribution < 1.29 is 13.9 Å². The minimum atomic E-state index is -0.236. The second-order valence-electron chi connectivity index (χ2n) is 5.64. The lowest BCUT2D eigenvalue weighted by molar-refractivity contribution is 0.0355. The van der Waals surface area contributed by atoms with Crippen molar-refractivity contribution in [3.8, 4) is 0 Å². The van der Waals surface area contributed by atoms with Gasteiger partial charge < -0.3 is 14.5 Å². The van der Waals surface area contributed by atoms with E-state index in [-0.39, 0.29) is 17.9 Å². The average molecular weight is 292 g/mol. The number of halogens is 1. The first-order valence-electron chi connectivity index (χ1n) is 7.64. The number of benzene rings is 1.